The molecule has 0 saturated carbocycles. The number of hydrogen-bond acceptors (Lipinski definition) is 3. The summed E-state index contributed by atoms with van der Waals surface area (Å²) in [5.41, 5.74) is 0.954. The maximum absolute atomic E-state index is 12.3. The van der Waals surface area contributed by atoms with Gasteiger partial charge < -0.3 is 14.8 Å². The number of aromatic carboxylic acids is 1. The molecule has 120 valence electrons. The van der Waals surface area contributed by atoms with Crippen molar-refractivity contribution in [3.8, 4) is 11.3 Å². The molecule has 5 nitrogen and oxygen atoms in total. The predicted octanol–water partition coefficient (Wildman–Crippen LogP) is 4.55. The number of rotatable bonds is 4. The lowest BCUT2D eigenvalue weighted by molar-refractivity contribution is 0.0698. The predicted molar refractivity (Wildman–Crippen MR) is 90.5 cm³/mol. The molecule has 2 aromatic carbocycles. The van der Waals surface area contributed by atoms with Crippen LogP contribution in [0.1, 0.15) is 20.9 Å². The zero-order chi connectivity index (χ0) is 17.1. The summed E-state index contributed by atoms with van der Waals surface area (Å²) >= 11 is 5.94. The first kappa shape index (κ1) is 15.8. The number of furan rings is 1. The van der Waals surface area contributed by atoms with Crippen LogP contribution in [0.2, 0.25) is 5.02 Å². The van der Waals surface area contributed by atoms with Gasteiger partial charge in [-0.2, -0.15) is 0 Å². The minimum Gasteiger partial charge on any atom is -0.478 e. The largest absolute Gasteiger partial charge is 0.478 e. The van der Waals surface area contributed by atoms with Gasteiger partial charge in [0.2, 0.25) is 0 Å². The smallest absolute Gasteiger partial charge is 0.337 e. The van der Waals surface area contributed by atoms with Crippen LogP contribution in [0.25, 0.3) is 11.3 Å². The number of anilines is 1. The van der Waals surface area contributed by atoms with E-state index >= 15 is 0 Å². The van der Waals surface area contributed by atoms with Crippen molar-refractivity contribution in [1.29, 1.82) is 0 Å². The second kappa shape index (κ2) is 6.60. The number of carbonyl (C=O) groups is 2. The van der Waals surface area contributed by atoms with Crippen LogP contribution >= 0.6 is 11.6 Å². The fourth-order valence-electron chi connectivity index (χ4n) is 2.22. The van der Waals surface area contributed by atoms with Gasteiger partial charge in [-0.3, -0.25) is 4.79 Å². The number of carboxylic acids is 1. The fourth-order valence-corrected chi connectivity index (χ4v) is 2.41. The van der Waals surface area contributed by atoms with Crippen molar-refractivity contribution < 1.29 is 19.1 Å². The van der Waals surface area contributed by atoms with Crippen LogP contribution in [-0.4, -0.2) is 17.0 Å². The molecular weight excluding hydrogens is 330 g/mol. The van der Waals surface area contributed by atoms with E-state index in [9.17, 15) is 9.59 Å². The van der Waals surface area contributed by atoms with Crippen LogP contribution < -0.4 is 5.32 Å². The Hall–Kier alpha value is -3.05. The molecule has 0 aliphatic rings. The van der Waals surface area contributed by atoms with Gasteiger partial charge >= 0.3 is 5.97 Å². The summed E-state index contributed by atoms with van der Waals surface area (Å²) in [5.74, 6) is -1.08. The van der Waals surface area contributed by atoms with Crippen LogP contribution in [0.4, 0.5) is 5.69 Å². The Morgan fingerprint density at radius 3 is 2.54 bits per heavy atom. The SMILES string of the molecule is O=C(Nc1ccccc1C(=O)O)c1ccc(-c2cccc(Cl)c2)o1. The van der Waals surface area contributed by atoms with Gasteiger partial charge in [-0.1, -0.05) is 35.9 Å². The molecule has 3 aromatic rings. The lowest BCUT2D eigenvalue weighted by Crippen LogP contribution is -2.14. The first-order valence-electron chi connectivity index (χ1n) is 7.04. The molecule has 0 spiro atoms. The summed E-state index contributed by atoms with van der Waals surface area (Å²) in [6, 6.07) is 16.4. The highest BCUT2D eigenvalue weighted by Gasteiger charge is 2.16. The third-order valence-corrected chi connectivity index (χ3v) is 3.58. The Morgan fingerprint density at radius 2 is 1.79 bits per heavy atom. The average molecular weight is 342 g/mol. The van der Waals surface area contributed by atoms with Gasteiger partial charge in [-0.25, -0.2) is 4.79 Å². The highest BCUT2D eigenvalue weighted by Crippen LogP contribution is 2.25. The van der Waals surface area contributed by atoms with Crippen LogP contribution in [-0.2, 0) is 0 Å². The molecule has 0 aliphatic heterocycles. The van der Waals surface area contributed by atoms with Crippen LogP contribution in [0.3, 0.4) is 0 Å². The topological polar surface area (TPSA) is 79.5 Å². The van der Waals surface area contributed by atoms with Crippen molar-refractivity contribution >= 4 is 29.2 Å². The summed E-state index contributed by atoms with van der Waals surface area (Å²) < 4.78 is 5.54. The molecule has 0 radical (unpaired) electrons. The van der Waals surface area contributed by atoms with Gasteiger partial charge in [0.25, 0.3) is 5.91 Å². The van der Waals surface area contributed by atoms with Gasteiger partial charge in [0, 0.05) is 10.6 Å². The van der Waals surface area contributed by atoms with E-state index in [0.717, 1.165) is 5.56 Å². The van der Waals surface area contributed by atoms with Crippen molar-refractivity contribution in [2.75, 3.05) is 5.32 Å². The molecule has 3 rings (SSSR count). The molecule has 1 amide bonds. The molecule has 0 aliphatic carbocycles. The molecule has 1 aromatic heterocycles. The highest BCUT2D eigenvalue weighted by atomic mass is 35.5. The van der Waals surface area contributed by atoms with E-state index in [1.54, 1.807) is 36.4 Å². The first-order valence-corrected chi connectivity index (χ1v) is 7.42. The third kappa shape index (κ3) is 3.31. The van der Waals surface area contributed by atoms with E-state index in [1.165, 1.54) is 18.2 Å². The molecule has 0 unspecified atom stereocenters. The maximum Gasteiger partial charge on any atom is 0.337 e. The summed E-state index contributed by atoms with van der Waals surface area (Å²) in [6.07, 6.45) is 0. The second-order valence-corrected chi connectivity index (χ2v) is 5.42. The summed E-state index contributed by atoms with van der Waals surface area (Å²) in [7, 11) is 0. The number of halogens is 1. The number of carboxylic acid groups (broad SMARTS) is 1. The Labute approximate surface area is 142 Å². The Bertz CT molecular complexity index is 917. The van der Waals surface area contributed by atoms with Gasteiger partial charge in [-0.05, 0) is 36.4 Å². The van der Waals surface area contributed by atoms with Crippen molar-refractivity contribution in [1.82, 2.24) is 0 Å². The molecule has 24 heavy (non-hydrogen) atoms. The Balaban J connectivity index is 1.83. The van der Waals surface area contributed by atoms with Crippen LogP contribution in [0.5, 0.6) is 0 Å². The number of amides is 1. The molecule has 0 fully saturated rings. The second-order valence-electron chi connectivity index (χ2n) is 4.98. The van der Waals surface area contributed by atoms with Crippen molar-refractivity contribution in [2.24, 2.45) is 0 Å². The van der Waals surface area contributed by atoms with E-state index < -0.39 is 11.9 Å². The third-order valence-electron chi connectivity index (χ3n) is 3.34. The molecule has 0 saturated heterocycles. The molecule has 0 bridgehead atoms. The highest BCUT2D eigenvalue weighted by molar-refractivity contribution is 6.30. The minimum atomic E-state index is -1.12. The van der Waals surface area contributed by atoms with E-state index in [1.807, 2.05) is 6.07 Å². The number of para-hydroxylation sites is 1. The van der Waals surface area contributed by atoms with Crippen molar-refractivity contribution in [3.63, 3.8) is 0 Å². The number of nitrogens with one attached hydrogen (secondary N) is 1. The van der Waals surface area contributed by atoms with Gasteiger partial charge in [0.1, 0.15) is 5.76 Å². The van der Waals surface area contributed by atoms with Gasteiger partial charge in [0.15, 0.2) is 5.76 Å². The summed E-state index contributed by atoms with van der Waals surface area (Å²) in [5, 5.41) is 12.2. The minimum absolute atomic E-state index is 0.00692. The molecule has 1 heterocycles. The zero-order valence-electron chi connectivity index (χ0n) is 12.3. The van der Waals surface area contributed by atoms with E-state index in [2.05, 4.69) is 5.32 Å². The van der Waals surface area contributed by atoms with Crippen molar-refractivity contribution in [3.05, 3.63) is 77.0 Å². The van der Waals surface area contributed by atoms with E-state index in [-0.39, 0.29) is 17.0 Å². The number of benzene rings is 2. The zero-order valence-corrected chi connectivity index (χ0v) is 13.1. The Kier molecular flexibility index (Phi) is 4.35. The van der Waals surface area contributed by atoms with Crippen molar-refractivity contribution in [2.45, 2.75) is 0 Å². The van der Waals surface area contributed by atoms with E-state index in [4.69, 9.17) is 21.1 Å². The average Bonchev–Trinajstić information content (AvgIpc) is 3.05. The van der Waals surface area contributed by atoms with Gasteiger partial charge in [0.05, 0.1) is 11.3 Å². The molecule has 2 N–H and O–H groups in total. The van der Waals surface area contributed by atoms with Gasteiger partial charge in [-0.15, -0.1) is 0 Å². The van der Waals surface area contributed by atoms with Crippen LogP contribution in [0, 0.1) is 0 Å². The number of carbonyl (C=O) groups excluding carboxylic acids is 1. The maximum atomic E-state index is 12.3. The molecule has 0 atom stereocenters. The summed E-state index contributed by atoms with van der Waals surface area (Å²) in [6.45, 7) is 0. The summed E-state index contributed by atoms with van der Waals surface area (Å²) in [4.78, 5) is 23.5. The quantitative estimate of drug-likeness (QED) is 0.729. The first-order chi connectivity index (χ1) is 11.5. The fraction of sp³-hybridized carbons (Fsp3) is 0. The number of hydrogen-bond donors (Lipinski definition) is 2. The van der Waals surface area contributed by atoms with Crippen LogP contribution in [0.15, 0.2) is 65.1 Å². The Morgan fingerprint density at radius 1 is 1.00 bits per heavy atom. The standard InChI is InChI=1S/C18H12ClNO4/c19-12-5-3-4-11(10-12)15-8-9-16(24-15)17(21)20-14-7-2-1-6-13(14)18(22)23/h1-10H,(H,20,21)(H,22,23). The normalized spacial score (nSPS) is 10.4. The monoisotopic (exact) mass is 341 g/mol. The molecular formula is C18H12ClNO4. The molecule has 6 heteroatoms. The lowest BCUT2D eigenvalue weighted by Gasteiger charge is -2.06. The lowest BCUT2D eigenvalue weighted by atomic mass is 10.2. The van der Waals surface area contributed by atoms with E-state index in [0.29, 0.717) is 10.8 Å².